The number of piperazine rings is 1. The molecule has 1 N–H and O–H groups in total. The molecule has 2 aromatic carbocycles. The highest BCUT2D eigenvalue weighted by Crippen LogP contribution is 2.16. The van der Waals surface area contributed by atoms with Crippen molar-refractivity contribution in [2.24, 2.45) is 0 Å². The van der Waals surface area contributed by atoms with Crippen molar-refractivity contribution in [3.05, 3.63) is 60.4 Å². The van der Waals surface area contributed by atoms with Gasteiger partial charge in [-0.15, -0.1) is 0 Å². The molecule has 0 unspecified atom stereocenters. The molecular weight excluding hydrogens is 369 g/mol. The maximum atomic E-state index is 13.6. The van der Waals surface area contributed by atoms with Gasteiger partial charge in [0.1, 0.15) is 10.7 Å². The standard InChI is InChI=1S/C19H22FN3O3S/c20-17-8-4-5-9-18(17)27(25,26)21-11-10-19(24)23-14-12-22(13-15-23)16-6-2-1-3-7-16/h1-9,21H,10-15H2. The van der Waals surface area contributed by atoms with Crippen LogP contribution in [0, 0.1) is 5.82 Å². The van der Waals surface area contributed by atoms with E-state index in [0.717, 1.165) is 24.8 Å². The average molecular weight is 391 g/mol. The SMILES string of the molecule is O=C(CCNS(=O)(=O)c1ccccc1F)N1CCN(c2ccccc2)CC1. The number of rotatable bonds is 6. The number of hydrogen-bond donors (Lipinski definition) is 1. The molecule has 1 saturated heterocycles. The molecule has 3 rings (SSSR count). The summed E-state index contributed by atoms with van der Waals surface area (Å²) in [5.74, 6) is -0.924. The average Bonchev–Trinajstić information content (AvgIpc) is 2.69. The Morgan fingerprint density at radius 3 is 2.26 bits per heavy atom. The van der Waals surface area contributed by atoms with Gasteiger partial charge in [0.25, 0.3) is 0 Å². The Kier molecular flexibility index (Phi) is 6.08. The molecular formula is C19H22FN3O3S. The molecule has 1 aliphatic rings. The van der Waals surface area contributed by atoms with Crippen molar-refractivity contribution in [1.82, 2.24) is 9.62 Å². The maximum absolute atomic E-state index is 13.6. The zero-order valence-electron chi connectivity index (χ0n) is 14.8. The lowest BCUT2D eigenvalue weighted by Gasteiger charge is -2.36. The van der Waals surface area contributed by atoms with Crippen molar-refractivity contribution in [3.63, 3.8) is 0 Å². The lowest BCUT2D eigenvalue weighted by atomic mass is 10.2. The van der Waals surface area contributed by atoms with Gasteiger partial charge in [0.05, 0.1) is 0 Å². The summed E-state index contributed by atoms with van der Waals surface area (Å²) in [6, 6.07) is 15.2. The summed E-state index contributed by atoms with van der Waals surface area (Å²) < 4.78 is 40.2. The molecule has 8 heteroatoms. The largest absolute Gasteiger partial charge is 0.368 e. The summed E-state index contributed by atoms with van der Waals surface area (Å²) >= 11 is 0. The van der Waals surface area contributed by atoms with E-state index < -0.39 is 20.7 Å². The molecule has 2 aromatic rings. The fraction of sp³-hybridized carbons (Fsp3) is 0.316. The highest BCUT2D eigenvalue weighted by molar-refractivity contribution is 7.89. The van der Waals surface area contributed by atoms with E-state index in [1.54, 1.807) is 4.90 Å². The smallest absolute Gasteiger partial charge is 0.243 e. The highest BCUT2D eigenvalue weighted by atomic mass is 32.2. The van der Waals surface area contributed by atoms with E-state index in [1.807, 2.05) is 30.3 Å². The Morgan fingerprint density at radius 2 is 1.59 bits per heavy atom. The van der Waals surface area contributed by atoms with Gasteiger partial charge in [0, 0.05) is 44.8 Å². The minimum absolute atomic E-state index is 0.0407. The molecule has 1 heterocycles. The monoisotopic (exact) mass is 391 g/mol. The zero-order chi connectivity index (χ0) is 19.3. The van der Waals surface area contributed by atoms with Crippen LogP contribution >= 0.6 is 0 Å². The number of sulfonamides is 1. The van der Waals surface area contributed by atoms with Crippen LogP contribution < -0.4 is 9.62 Å². The molecule has 27 heavy (non-hydrogen) atoms. The summed E-state index contributed by atoms with van der Waals surface area (Å²) in [5.41, 5.74) is 1.13. The summed E-state index contributed by atoms with van der Waals surface area (Å²) in [6.07, 6.45) is 0.0407. The number of carbonyl (C=O) groups excluding carboxylic acids is 1. The summed E-state index contributed by atoms with van der Waals surface area (Å²) in [7, 11) is -3.97. The van der Waals surface area contributed by atoms with E-state index in [2.05, 4.69) is 9.62 Å². The Hall–Kier alpha value is -2.45. The highest BCUT2D eigenvalue weighted by Gasteiger charge is 2.22. The van der Waals surface area contributed by atoms with Crippen molar-refractivity contribution in [3.8, 4) is 0 Å². The van der Waals surface area contributed by atoms with Gasteiger partial charge in [0.2, 0.25) is 15.9 Å². The Balaban J connectivity index is 1.47. The molecule has 1 amide bonds. The van der Waals surface area contributed by atoms with Crippen LogP contribution in [0.1, 0.15) is 6.42 Å². The molecule has 0 atom stereocenters. The second-order valence-electron chi connectivity index (χ2n) is 6.28. The van der Waals surface area contributed by atoms with E-state index in [9.17, 15) is 17.6 Å². The molecule has 1 fully saturated rings. The van der Waals surface area contributed by atoms with E-state index in [0.29, 0.717) is 13.1 Å². The minimum atomic E-state index is -3.97. The Bertz CT molecular complexity index is 882. The van der Waals surface area contributed by atoms with Gasteiger partial charge >= 0.3 is 0 Å². The van der Waals surface area contributed by atoms with Crippen LogP contribution in [0.2, 0.25) is 0 Å². The second-order valence-corrected chi connectivity index (χ2v) is 8.02. The normalized spacial score (nSPS) is 15.0. The number of para-hydroxylation sites is 1. The van der Waals surface area contributed by atoms with E-state index in [-0.39, 0.29) is 18.9 Å². The molecule has 0 saturated carbocycles. The third-order valence-electron chi connectivity index (χ3n) is 4.51. The number of nitrogens with zero attached hydrogens (tertiary/aromatic N) is 2. The number of anilines is 1. The van der Waals surface area contributed by atoms with Gasteiger partial charge in [-0.05, 0) is 24.3 Å². The van der Waals surface area contributed by atoms with E-state index >= 15 is 0 Å². The first kappa shape index (κ1) is 19.3. The first-order chi connectivity index (χ1) is 13.0. The Labute approximate surface area is 158 Å². The third kappa shape index (κ3) is 4.84. The molecule has 0 spiro atoms. The van der Waals surface area contributed by atoms with Crippen LogP contribution in [0.5, 0.6) is 0 Å². The van der Waals surface area contributed by atoms with Gasteiger partial charge in [-0.2, -0.15) is 0 Å². The van der Waals surface area contributed by atoms with Gasteiger partial charge in [0.15, 0.2) is 0 Å². The van der Waals surface area contributed by atoms with E-state index in [1.165, 1.54) is 18.2 Å². The first-order valence-electron chi connectivity index (χ1n) is 8.79. The second kappa shape index (κ2) is 8.49. The van der Waals surface area contributed by atoms with Crippen LogP contribution in [0.25, 0.3) is 0 Å². The van der Waals surface area contributed by atoms with Crippen molar-refractivity contribution in [1.29, 1.82) is 0 Å². The molecule has 6 nitrogen and oxygen atoms in total. The van der Waals surface area contributed by atoms with Crippen molar-refractivity contribution < 1.29 is 17.6 Å². The van der Waals surface area contributed by atoms with Crippen LogP contribution in [0.3, 0.4) is 0 Å². The Morgan fingerprint density at radius 1 is 0.963 bits per heavy atom. The maximum Gasteiger partial charge on any atom is 0.243 e. The minimum Gasteiger partial charge on any atom is -0.368 e. The first-order valence-corrected chi connectivity index (χ1v) is 10.3. The predicted molar refractivity (Wildman–Crippen MR) is 101 cm³/mol. The summed E-state index contributed by atoms with van der Waals surface area (Å²) in [4.78, 5) is 15.9. The summed E-state index contributed by atoms with van der Waals surface area (Å²) in [5, 5.41) is 0. The van der Waals surface area contributed by atoms with Crippen LogP contribution in [0.4, 0.5) is 10.1 Å². The number of amides is 1. The molecule has 0 radical (unpaired) electrons. The molecule has 0 bridgehead atoms. The number of carbonyl (C=O) groups is 1. The predicted octanol–water partition coefficient (Wildman–Crippen LogP) is 1.84. The molecule has 0 aromatic heterocycles. The van der Waals surface area contributed by atoms with Gasteiger partial charge in [-0.3, -0.25) is 4.79 Å². The van der Waals surface area contributed by atoms with Crippen molar-refractivity contribution >= 4 is 21.6 Å². The fourth-order valence-corrected chi connectivity index (χ4v) is 4.15. The number of hydrogen-bond acceptors (Lipinski definition) is 4. The quantitative estimate of drug-likeness (QED) is 0.816. The van der Waals surface area contributed by atoms with Crippen molar-refractivity contribution in [2.75, 3.05) is 37.6 Å². The van der Waals surface area contributed by atoms with Crippen LogP contribution in [-0.2, 0) is 14.8 Å². The lowest BCUT2D eigenvalue weighted by molar-refractivity contribution is -0.131. The van der Waals surface area contributed by atoms with Crippen LogP contribution in [0.15, 0.2) is 59.5 Å². The third-order valence-corrected chi connectivity index (χ3v) is 6.01. The lowest BCUT2D eigenvalue weighted by Crippen LogP contribution is -2.49. The van der Waals surface area contributed by atoms with Gasteiger partial charge < -0.3 is 9.80 Å². The summed E-state index contributed by atoms with van der Waals surface area (Å²) in [6.45, 7) is 2.59. The number of benzene rings is 2. The number of nitrogens with one attached hydrogen (secondary N) is 1. The molecule has 1 aliphatic heterocycles. The molecule has 144 valence electrons. The number of halogens is 1. The van der Waals surface area contributed by atoms with Gasteiger partial charge in [-0.1, -0.05) is 30.3 Å². The molecule has 0 aliphatic carbocycles. The van der Waals surface area contributed by atoms with Crippen LogP contribution in [-0.4, -0.2) is 51.9 Å². The topological polar surface area (TPSA) is 69.7 Å². The van der Waals surface area contributed by atoms with Crippen molar-refractivity contribution in [2.45, 2.75) is 11.3 Å². The van der Waals surface area contributed by atoms with Gasteiger partial charge in [-0.25, -0.2) is 17.5 Å². The fourth-order valence-electron chi connectivity index (χ4n) is 3.04. The zero-order valence-corrected chi connectivity index (χ0v) is 15.7. The van der Waals surface area contributed by atoms with E-state index in [4.69, 9.17) is 0 Å².